The van der Waals surface area contributed by atoms with E-state index in [0.29, 0.717) is 22.6 Å². The molecule has 2 aromatic rings. The molecule has 0 aromatic heterocycles. The molecule has 8 nitrogen and oxygen atoms in total. The molecule has 0 radical (unpaired) electrons. The minimum atomic E-state index is -0.763. The minimum Gasteiger partial charge on any atom is -0.493 e. The van der Waals surface area contributed by atoms with Crippen molar-refractivity contribution in [2.45, 2.75) is 6.92 Å². The second-order valence-corrected chi connectivity index (χ2v) is 5.58. The Balaban J connectivity index is 1.85. The molecule has 0 aliphatic heterocycles. The van der Waals surface area contributed by atoms with Crippen LogP contribution >= 0.6 is 0 Å². The van der Waals surface area contributed by atoms with Gasteiger partial charge in [0.05, 0.1) is 18.4 Å². The third-order valence-corrected chi connectivity index (χ3v) is 3.60. The number of carbonyl (C=O) groups excluding carboxylic acids is 3. The van der Waals surface area contributed by atoms with Gasteiger partial charge in [-0.15, -0.1) is 0 Å². The average molecular weight is 382 g/mol. The number of methoxy groups -OCH3 is 1. The number of anilines is 1. The number of benzene rings is 2. The van der Waals surface area contributed by atoms with Crippen LogP contribution in [0.5, 0.6) is 11.5 Å². The summed E-state index contributed by atoms with van der Waals surface area (Å²) in [5.74, 6) is -0.919. The maximum Gasteiger partial charge on any atom is 0.344 e. The second-order valence-electron chi connectivity index (χ2n) is 5.58. The number of ketones is 1. The lowest BCUT2D eigenvalue weighted by molar-refractivity contribution is -0.149. The maximum absolute atomic E-state index is 11.9. The molecule has 0 heterocycles. The summed E-state index contributed by atoms with van der Waals surface area (Å²) in [7, 11) is 1.41. The van der Waals surface area contributed by atoms with E-state index in [-0.39, 0.29) is 11.5 Å². The van der Waals surface area contributed by atoms with E-state index in [0.717, 1.165) is 0 Å². The lowest BCUT2D eigenvalue weighted by Crippen LogP contribution is -2.24. The topological polar surface area (TPSA) is 115 Å². The first-order chi connectivity index (χ1) is 13.4. The van der Waals surface area contributed by atoms with Crippen LogP contribution in [0, 0.1) is 11.3 Å². The summed E-state index contributed by atoms with van der Waals surface area (Å²) in [5.41, 5.74) is 1.07. The molecular weight excluding hydrogens is 364 g/mol. The van der Waals surface area contributed by atoms with Crippen molar-refractivity contribution in [3.63, 3.8) is 0 Å². The maximum atomic E-state index is 11.9. The number of nitrogens with zero attached hydrogens (tertiary/aromatic N) is 1. The number of hydrogen-bond donors (Lipinski definition) is 1. The summed E-state index contributed by atoms with van der Waals surface area (Å²) in [6, 6.07) is 13.0. The number of nitrogens with one attached hydrogen (secondary N) is 1. The van der Waals surface area contributed by atoms with Crippen molar-refractivity contribution < 1.29 is 28.6 Å². The van der Waals surface area contributed by atoms with Gasteiger partial charge in [0.25, 0.3) is 5.91 Å². The molecule has 144 valence electrons. The predicted octanol–water partition coefficient (Wildman–Crippen LogP) is 2.33. The van der Waals surface area contributed by atoms with Gasteiger partial charge in [0.1, 0.15) is 6.07 Å². The van der Waals surface area contributed by atoms with Crippen LogP contribution in [-0.2, 0) is 14.3 Å². The summed E-state index contributed by atoms with van der Waals surface area (Å²) < 4.78 is 15.3. The Morgan fingerprint density at radius 3 is 2.50 bits per heavy atom. The zero-order valence-electron chi connectivity index (χ0n) is 15.4. The van der Waals surface area contributed by atoms with Crippen LogP contribution in [-0.4, -0.2) is 38.0 Å². The third kappa shape index (κ3) is 5.57. The van der Waals surface area contributed by atoms with Crippen LogP contribution in [0.25, 0.3) is 0 Å². The fourth-order valence-corrected chi connectivity index (χ4v) is 2.21. The molecule has 0 atom stereocenters. The van der Waals surface area contributed by atoms with Crippen molar-refractivity contribution in [2.75, 3.05) is 25.6 Å². The summed E-state index contributed by atoms with van der Waals surface area (Å²) in [6.07, 6.45) is 0. The Morgan fingerprint density at radius 2 is 1.82 bits per heavy atom. The van der Waals surface area contributed by atoms with E-state index in [4.69, 9.17) is 19.5 Å². The van der Waals surface area contributed by atoms with E-state index in [9.17, 15) is 14.4 Å². The number of para-hydroxylation sites is 1. The van der Waals surface area contributed by atoms with Crippen molar-refractivity contribution in [1.29, 1.82) is 5.26 Å². The van der Waals surface area contributed by atoms with E-state index >= 15 is 0 Å². The van der Waals surface area contributed by atoms with Crippen molar-refractivity contribution in [3.8, 4) is 17.6 Å². The second kappa shape index (κ2) is 9.73. The molecule has 0 saturated carbocycles. The highest BCUT2D eigenvalue weighted by Gasteiger charge is 2.13. The third-order valence-electron chi connectivity index (χ3n) is 3.60. The van der Waals surface area contributed by atoms with Gasteiger partial charge in [-0.25, -0.2) is 4.79 Å². The Bertz CT molecular complexity index is 933. The summed E-state index contributed by atoms with van der Waals surface area (Å²) >= 11 is 0. The first-order valence-electron chi connectivity index (χ1n) is 8.21. The SMILES string of the molecule is COc1cc(C(C)=O)ccc1OCC(=O)OCC(=O)Nc1ccccc1C#N. The lowest BCUT2D eigenvalue weighted by Gasteiger charge is -2.11. The molecule has 0 aliphatic carbocycles. The molecule has 0 bridgehead atoms. The van der Waals surface area contributed by atoms with E-state index < -0.39 is 25.1 Å². The zero-order valence-corrected chi connectivity index (χ0v) is 15.4. The van der Waals surface area contributed by atoms with Gasteiger partial charge in [0, 0.05) is 5.56 Å². The van der Waals surface area contributed by atoms with Gasteiger partial charge < -0.3 is 19.5 Å². The van der Waals surface area contributed by atoms with Gasteiger partial charge >= 0.3 is 5.97 Å². The molecule has 1 N–H and O–H groups in total. The van der Waals surface area contributed by atoms with Crippen LogP contribution in [0.3, 0.4) is 0 Å². The van der Waals surface area contributed by atoms with E-state index in [2.05, 4.69) is 5.32 Å². The molecular formula is C20H18N2O6. The van der Waals surface area contributed by atoms with Gasteiger partial charge in [-0.1, -0.05) is 12.1 Å². The van der Waals surface area contributed by atoms with Crippen LogP contribution in [0.1, 0.15) is 22.8 Å². The van der Waals surface area contributed by atoms with Crippen LogP contribution in [0.2, 0.25) is 0 Å². The quantitative estimate of drug-likeness (QED) is 0.550. The first-order valence-corrected chi connectivity index (χ1v) is 8.21. The monoisotopic (exact) mass is 382 g/mol. The van der Waals surface area contributed by atoms with Crippen molar-refractivity contribution in [2.24, 2.45) is 0 Å². The molecule has 0 unspecified atom stereocenters. The van der Waals surface area contributed by atoms with Crippen molar-refractivity contribution in [1.82, 2.24) is 0 Å². The number of nitriles is 1. The van der Waals surface area contributed by atoms with E-state index in [1.807, 2.05) is 6.07 Å². The highest BCUT2D eigenvalue weighted by Crippen LogP contribution is 2.28. The van der Waals surface area contributed by atoms with Gasteiger partial charge in [0.15, 0.2) is 30.5 Å². The van der Waals surface area contributed by atoms with Crippen LogP contribution in [0.4, 0.5) is 5.69 Å². The molecule has 0 fully saturated rings. The molecule has 2 rings (SSSR count). The molecule has 0 spiro atoms. The lowest BCUT2D eigenvalue weighted by atomic mass is 10.1. The number of Topliss-reactive ketones (excluding diaryl/α,β-unsaturated/α-hetero) is 1. The summed E-state index contributed by atoms with van der Waals surface area (Å²) in [6.45, 7) is 0.451. The highest BCUT2D eigenvalue weighted by atomic mass is 16.6. The van der Waals surface area contributed by atoms with Crippen LogP contribution in [0.15, 0.2) is 42.5 Å². The fraction of sp³-hybridized carbons (Fsp3) is 0.200. The predicted molar refractivity (Wildman–Crippen MR) is 99.2 cm³/mol. The number of hydrogen-bond acceptors (Lipinski definition) is 7. The molecule has 28 heavy (non-hydrogen) atoms. The van der Waals surface area contributed by atoms with Crippen LogP contribution < -0.4 is 14.8 Å². The first kappa shape index (κ1) is 20.5. The molecule has 0 saturated heterocycles. The van der Waals surface area contributed by atoms with E-state index in [1.165, 1.54) is 26.2 Å². The van der Waals surface area contributed by atoms with Gasteiger partial charge in [-0.05, 0) is 37.3 Å². The van der Waals surface area contributed by atoms with Gasteiger partial charge in [-0.3, -0.25) is 9.59 Å². The summed E-state index contributed by atoms with van der Waals surface area (Å²) in [4.78, 5) is 35.1. The highest BCUT2D eigenvalue weighted by molar-refractivity contribution is 5.95. The average Bonchev–Trinajstić information content (AvgIpc) is 2.70. The number of ether oxygens (including phenoxy) is 3. The number of rotatable bonds is 8. The Hall–Kier alpha value is -3.86. The smallest absolute Gasteiger partial charge is 0.344 e. The largest absolute Gasteiger partial charge is 0.493 e. The Morgan fingerprint density at radius 1 is 1.07 bits per heavy atom. The number of carbonyl (C=O) groups is 3. The molecule has 2 aromatic carbocycles. The standard InChI is InChI=1S/C20H18N2O6/c1-13(23)14-7-8-17(18(9-14)26-2)27-12-20(25)28-11-19(24)22-16-6-4-3-5-15(16)10-21/h3-9H,11-12H2,1-2H3,(H,22,24). The van der Waals surface area contributed by atoms with Crippen molar-refractivity contribution >= 4 is 23.3 Å². The van der Waals surface area contributed by atoms with Crippen molar-refractivity contribution in [3.05, 3.63) is 53.6 Å². The number of amides is 1. The van der Waals surface area contributed by atoms with Gasteiger partial charge in [0.2, 0.25) is 0 Å². The molecule has 8 heteroatoms. The molecule has 1 amide bonds. The number of esters is 1. The zero-order chi connectivity index (χ0) is 20.5. The fourth-order valence-electron chi connectivity index (χ4n) is 2.21. The normalized spacial score (nSPS) is 9.75. The van der Waals surface area contributed by atoms with Gasteiger partial charge in [-0.2, -0.15) is 5.26 Å². The summed E-state index contributed by atoms with van der Waals surface area (Å²) in [5, 5.41) is 11.5. The van der Waals surface area contributed by atoms with E-state index in [1.54, 1.807) is 30.3 Å². The minimum absolute atomic E-state index is 0.131. The Kier molecular flexibility index (Phi) is 7.11. The molecule has 0 aliphatic rings. The Labute approximate surface area is 161 Å².